The highest BCUT2D eigenvalue weighted by molar-refractivity contribution is 7.11. The quantitative estimate of drug-likeness (QED) is 0.542. The number of ether oxygens (including phenoxy) is 1. The van der Waals surface area contributed by atoms with Gasteiger partial charge in [0.1, 0.15) is 5.75 Å². The zero-order valence-electron chi connectivity index (χ0n) is 16.0. The van der Waals surface area contributed by atoms with Crippen LogP contribution in [-0.4, -0.2) is 24.1 Å². The molecule has 5 nitrogen and oxygen atoms in total. The number of amides is 1. The van der Waals surface area contributed by atoms with Crippen molar-refractivity contribution in [3.05, 3.63) is 62.8 Å². The Morgan fingerprint density at radius 2 is 1.86 bits per heavy atom. The second kappa shape index (κ2) is 8.68. The van der Waals surface area contributed by atoms with E-state index in [1.54, 1.807) is 31.4 Å². The first-order valence-corrected chi connectivity index (χ1v) is 10.1. The number of hydrogen-bond donors (Lipinski definition) is 2. The van der Waals surface area contributed by atoms with Crippen molar-refractivity contribution < 1.29 is 19.4 Å². The lowest BCUT2D eigenvalue weighted by Crippen LogP contribution is -2.11. The summed E-state index contributed by atoms with van der Waals surface area (Å²) in [6.07, 6.45) is 0.436. The van der Waals surface area contributed by atoms with Crippen LogP contribution in [-0.2, 0) is 11.2 Å². The minimum absolute atomic E-state index is 0.0309. The molecule has 0 spiro atoms. The Labute approximate surface area is 177 Å². The Morgan fingerprint density at radius 3 is 2.48 bits per heavy atom. The molecule has 0 aliphatic carbocycles. The molecule has 7 heteroatoms. The lowest BCUT2D eigenvalue weighted by Gasteiger charge is -2.14. The third-order valence-electron chi connectivity index (χ3n) is 4.67. The third-order valence-corrected chi connectivity index (χ3v) is 5.95. The van der Waals surface area contributed by atoms with Gasteiger partial charge in [0.2, 0.25) is 5.91 Å². The summed E-state index contributed by atoms with van der Waals surface area (Å²) in [6.45, 7) is 1.91. The molecule has 1 amide bonds. The van der Waals surface area contributed by atoms with Crippen LogP contribution in [0.2, 0.25) is 5.02 Å². The number of nitrogens with two attached hydrogens (primary N) is 1. The molecule has 29 heavy (non-hydrogen) atoms. The number of carbonyl (C=O) groups is 2. The molecule has 0 radical (unpaired) electrons. The lowest BCUT2D eigenvalue weighted by molar-refractivity contribution is -0.136. The maximum absolute atomic E-state index is 11.5. The van der Waals surface area contributed by atoms with Gasteiger partial charge >= 0.3 is 5.97 Å². The molecular formula is C22H20ClNO4S. The van der Waals surface area contributed by atoms with Gasteiger partial charge in [0.25, 0.3) is 0 Å². The molecule has 2 aromatic carbocycles. The van der Waals surface area contributed by atoms with E-state index in [0.29, 0.717) is 22.8 Å². The predicted molar refractivity (Wildman–Crippen MR) is 116 cm³/mol. The van der Waals surface area contributed by atoms with Gasteiger partial charge in [-0.05, 0) is 60.2 Å². The number of thiophene rings is 1. The van der Waals surface area contributed by atoms with E-state index in [0.717, 1.165) is 32.7 Å². The van der Waals surface area contributed by atoms with Gasteiger partial charge in [-0.15, -0.1) is 11.3 Å². The number of halogens is 1. The Kier molecular flexibility index (Phi) is 6.25. The molecule has 0 bridgehead atoms. The number of rotatable bonds is 7. The van der Waals surface area contributed by atoms with Crippen molar-refractivity contribution in [3.63, 3.8) is 0 Å². The fourth-order valence-electron chi connectivity index (χ4n) is 3.28. The zero-order valence-corrected chi connectivity index (χ0v) is 17.6. The van der Waals surface area contributed by atoms with E-state index >= 15 is 0 Å². The molecule has 1 heterocycles. The van der Waals surface area contributed by atoms with Crippen molar-refractivity contribution in [2.45, 2.75) is 19.8 Å². The average molecular weight is 430 g/mol. The van der Waals surface area contributed by atoms with Crippen molar-refractivity contribution in [2.24, 2.45) is 5.73 Å². The number of methoxy groups -OCH3 is 1. The van der Waals surface area contributed by atoms with Crippen LogP contribution >= 0.6 is 22.9 Å². The largest absolute Gasteiger partial charge is 0.496 e. The smallest absolute Gasteiger partial charge is 0.303 e. The van der Waals surface area contributed by atoms with Gasteiger partial charge in [0.05, 0.1) is 13.5 Å². The fraction of sp³-hybridized carbons (Fsp3) is 0.182. The average Bonchev–Trinajstić information content (AvgIpc) is 3.09. The summed E-state index contributed by atoms with van der Waals surface area (Å²) in [5, 5.41) is 11.7. The van der Waals surface area contributed by atoms with Crippen molar-refractivity contribution in [2.75, 3.05) is 7.11 Å². The van der Waals surface area contributed by atoms with Crippen molar-refractivity contribution in [1.29, 1.82) is 0 Å². The van der Waals surface area contributed by atoms with Crippen molar-refractivity contribution >= 4 is 34.8 Å². The molecule has 150 valence electrons. The Bertz CT molecular complexity index is 1090. The summed E-state index contributed by atoms with van der Waals surface area (Å²) in [5.74, 6) is -0.709. The fourth-order valence-corrected chi connectivity index (χ4v) is 4.51. The topological polar surface area (TPSA) is 89.6 Å². The number of benzene rings is 2. The molecular weight excluding hydrogens is 410 g/mol. The molecule has 3 rings (SSSR count). The first kappa shape index (κ1) is 20.9. The highest BCUT2D eigenvalue weighted by Crippen LogP contribution is 2.44. The molecule has 0 fully saturated rings. The Balaban J connectivity index is 2.22. The summed E-state index contributed by atoms with van der Waals surface area (Å²) < 4.78 is 5.52. The maximum Gasteiger partial charge on any atom is 0.303 e. The SMILES string of the molecule is COc1cc(Cl)ccc1-c1csc(CCC(=O)O)c1-c1ccc(C(N)=O)cc1C. The predicted octanol–water partition coefficient (Wildman–Crippen LogP) is 5.17. The van der Waals surface area contributed by atoms with E-state index in [2.05, 4.69) is 0 Å². The third kappa shape index (κ3) is 4.44. The summed E-state index contributed by atoms with van der Waals surface area (Å²) in [5.41, 5.74) is 10.4. The van der Waals surface area contributed by atoms with Gasteiger partial charge in [0.15, 0.2) is 0 Å². The Morgan fingerprint density at radius 1 is 1.14 bits per heavy atom. The molecule has 0 aliphatic heterocycles. The summed E-state index contributed by atoms with van der Waals surface area (Å²) >= 11 is 7.62. The lowest BCUT2D eigenvalue weighted by atomic mass is 9.91. The monoisotopic (exact) mass is 429 g/mol. The number of primary amides is 1. The molecule has 0 saturated carbocycles. The normalized spacial score (nSPS) is 10.7. The van der Waals surface area contributed by atoms with Crippen LogP contribution in [0.1, 0.15) is 27.2 Å². The minimum atomic E-state index is -0.851. The number of aliphatic carboxylic acids is 1. The number of carbonyl (C=O) groups excluding carboxylic acids is 1. The summed E-state index contributed by atoms with van der Waals surface area (Å²) in [6, 6.07) is 10.7. The van der Waals surface area contributed by atoms with E-state index in [1.807, 2.05) is 24.4 Å². The van der Waals surface area contributed by atoms with E-state index < -0.39 is 11.9 Å². The van der Waals surface area contributed by atoms with Crippen LogP contribution in [0.5, 0.6) is 5.75 Å². The second-order valence-corrected chi connectivity index (χ2v) is 7.98. The zero-order chi connectivity index (χ0) is 21.1. The van der Waals surface area contributed by atoms with E-state index in [9.17, 15) is 9.59 Å². The first-order valence-electron chi connectivity index (χ1n) is 8.88. The Hall–Kier alpha value is -2.83. The second-order valence-electron chi connectivity index (χ2n) is 6.58. The maximum atomic E-state index is 11.5. The van der Waals surface area contributed by atoms with Crippen LogP contribution in [0.3, 0.4) is 0 Å². The van der Waals surface area contributed by atoms with Gasteiger partial charge in [-0.1, -0.05) is 17.7 Å². The van der Waals surface area contributed by atoms with Crippen LogP contribution < -0.4 is 10.5 Å². The molecule has 0 saturated heterocycles. The number of aryl methyl sites for hydroxylation is 2. The summed E-state index contributed by atoms with van der Waals surface area (Å²) in [7, 11) is 1.58. The van der Waals surface area contributed by atoms with Gasteiger partial charge in [-0.25, -0.2) is 0 Å². The standard InChI is InChI=1S/C22H20ClNO4S/c1-12-9-13(22(24)27)3-5-15(12)21-17(11-29-19(21)7-8-20(25)26)16-6-4-14(23)10-18(16)28-2/h3-6,9-11H,7-8H2,1-2H3,(H2,24,27)(H,25,26). The number of carboxylic acids is 1. The number of hydrogen-bond acceptors (Lipinski definition) is 4. The highest BCUT2D eigenvalue weighted by atomic mass is 35.5. The minimum Gasteiger partial charge on any atom is -0.496 e. The molecule has 3 aromatic rings. The molecule has 1 aromatic heterocycles. The van der Waals surface area contributed by atoms with Crippen LogP contribution in [0, 0.1) is 6.92 Å². The highest BCUT2D eigenvalue weighted by Gasteiger charge is 2.20. The van der Waals surface area contributed by atoms with Crippen LogP contribution in [0.4, 0.5) is 0 Å². The van der Waals surface area contributed by atoms with Crippen molar-refractivity contribution in [1.82, 2.24) is 0 Å². The number of carboxylic acid groups (broad SMARTS) is 1. The summed E-state index contributed by atoms with van der Waals surface area (Å²) in [4.78, 5) is 23.6. The molecule has 0 aliphatic rings. The van der Waals surface area contributed by atoms with E-state index in [4.69, 9.17) is 27.2 Å². The molecule has 3 N–H and O–H groups in total. The molecule has 0 unspecified atom stereocenters. The van der Waals surface area contributed by atoms with Gasteiger partial charge in [0, 0.05) is 32.2 Å². The van der Waals surface area contributed by atoms with Crippen LogP contribution in [0.15, 0.2) is 41.8 Å². The van der Waals surface area contributed by atoms with Gasteiger partial charge < -0.3 is 15.6 Å². The van der Waals surface area contributed by atoms with E-state index in [-0.39, 0.29) is 6.42 Å². The first-order chi connectivity index (χ1) is 13.8. The van der Waals surface area contributed by atoms with Gasteiger partial charge in [-0.3, -0.25) is 9.59 Å². The van der Waals surface area contributed by atoms with Gasteiger partial charge in [-0.2, -0.15) is 0 Å². The van der Waals surface area contributed by atoms with Crippen LogP contribution in [0.25, 0.3) is 22.3 Å². The molecule has 0 atom stereocenters. The van der Waals surface area contributed by atoms with E-state index in [1.165, 1.54) is 11.3 Å². The van der Waals surface area contributed by atoms with Crippen molar-refractivity contribution in [3.8, 4) is 28.0 Å².